The van der Waals surface area contributed by atoms with Crippen molar-refractivity contribution in [3.05, 3.63) is 64.5 Å². The molecule has 0 radical (unpaired) electrons. The highest BCUT2D eigenvalue weighted by Gasteiger charge is 2.39. The lowest BCUT2D eigenvalue weighted by molar-refractivity contribution is 0.649. The summed E-state index contributed by atoms with van der Waals surface area (Å²) in [7, 11) is 0. The van der Waals surface area contributed by atoms with Crippen LogP contribution in [-0.2, 0) is 5.41 Å². The van der Waals surface area contributed by atoms with Gasteiger partial charge in [0, 0.05) is 22.0 Å². The molecule has 2 aromatic rings. The number of para-hydroxylation sites is 1. The van der Waals surface area contributed by atoms with E-state index >= 15 is 0 Å². The maximum atomic E-state index is 3.63. The van der Waals surface area contributed by atoms with Crippen LogP contribution in [0.5, 0.6) is 0 Å². The molecular weight excluding hydrogens is 218 g/mol. The summed E-state index contributed by atoms with van der Waals surface area (Å²) < 4.78 is 0. The summed E-state index contributed by atoms with van der Waals surface area (Å²) in [5, 5.41) is 6.33. The molecule has 1 heteroatoms. The van der Waals surface area contributed by atoms with Crippen molar-refractivity contribution in [1.29, 1.82) is 0 Å². The van der Waals surface area contributed by atoms with Gasteiger partial charge in [0.05, 0.1) is 0 Å². The SMILES string of the molecule is CC12CC=c3ccccc3=C1Nc1ccccc12. The van der Waals surface area contributed by atoms with Crippen molar-refractivity contribution in [2.75, 3.05) is 5.32 Å². The molecule has 0 bridgehead atoms. The highest BCUT2D eigenvalue weighted by molar-refractivity contribution is 5.85. The van der Waals surface area contributed by atoms with Gasteiger partial charge in [0.2, 0.25) is 0 Å². The molecule has 18 heavy (non-hydrogen) atoms. The van der Waals surface area contributed by atoms with E-state index < -0.39 is 0 Å². The molecule has 0 spiro atoms. The molecule has 0 amide bonds. The molecule has 2 aromatic carbocycles. The Labute approximate surface area is 106 Å². The molecule has 2 aliphatic rings. The second kappa shape index (κ2) is 3.26. The molecule has 0 aromatic heterocycles. The monoisotopic (exact) mass is 233 g/mol. The highest BCUT2D eigenvalue weighted by Crippen LogP contribution is 2.46. The van der Waals surface area contributed by atoms with E-state index in [2.05, 4.69) is 66.8 Å². The lowest BCUT2D eigenvalue weighted by Gasteiger charge is -2.27. The summed E-state index contributed by atoms with van der Waals surface area (Å²) in [6.07, 6.45) is 3.44. The van der Waals surface area contributed by atoms with E-state index in [0.717, 1.165) is 6.42 Å². The molecule has 1 nitrogen and oxygen atoms in total. The summed E-state index contributed by atoms with van der Waals surface area (Å²) in [6.45, 7) is 2.34. The summed E-state index contributed by atoms with van der Waals surface area (Å²) in [4.78, 5) is 0. The van der Waals surface area contributed by atoms with Crippen LogP contribution in [0.3, 0.4) is 0 Å². The predicted molar refractivity (Wildman–Crippen MR) is 75.6 cm³/mol. The van der Waals surface area contributed by atoms with E-state index in [0.29, 0.717) is 0 Å². The van der Waals surface area contributed by atoms with E-state index in [9.17, 15) is 0 Å². The highest BCUT2D eigenvalue weighted by atomic mass is 15.0. The molecule has 1 unspecified atom stereocenters. The van der Waals surface area contributed by atoms with E-state index in [1.54, 1.807) is 0 Å². The van der Waals surface area contributed by atoms with Crippen molar-refractivity contribution in [2.24, 2.45) is 0 Å². The third kappa shape index (κ3) is 1.11. The van der Waals surface area contributed by atoms with Crippen LogP contribution in [0.15, 0.2) is 48.5 Å². The lowest BCUT2D eigenvalue weighted by atomic mass is 9.76. The number of nitrogens with one attached hydrogen (secondary N) is 1. The number of hydrogen-bond donors (Lipinski definition) is 1. The first-order chi connectivity index (χ1) is 8.79. The van der Waals surface area contributed by atoms with Gasteiger partial charge in [-0.15, -0.1) is 0 Å². The summed E-state index contributed by atoms with van der Waals surface area (Å²) in [5.41, 5.74) is 4.16. The molecule has 1 N–H and O–H groups in total. The predicted octanol–water partition coefficient (Wildman–Crippen LogP) is 2.36. The number of anilines is 1. The van der Waals surface area contributed by atoms with Crippen molar-refractivity contribution in [2.45, 2.75) is 18.8 Å². The second-order valence-corrected chi connectivity index (χ2v) is 5.37. The van der Waals surface area contributed by atoms with Gasteiger partial charge >= 0.3 is 0 Å². The third-order valence-electron chi connectivity index (χ3n) is 4.29. The Morgan fingerprint density at radius 3 is 2.72 bits per heavy atom. The fourth-order valence-corrected chi connectivity index (χ4v) is 3.27. The quantitative estimate of drug-likeness (QED) is 0.736. The Bertz CT molecular complexity index is 757. The smallest absolute Gasteiger partial charge is 0.0424 e. The van der Waals surface area contributed by atoms with Crippen molar-refractivity contribution < 1.29 is 0 Å². The van der Waals surface area contributed by atoms with Crippen molar-refractivity contribution in [3.8, 4) is 0 Å². The van der Waals surface area contributed by atoms with Crippen LogP contribution in [0.2, 0.25) is 0 Å². The third-order valence-corrected chi connectivity index (χ3v) is 4.29. The van der Waals surface area contributed by atoms with Crippen LogP contribution in [0.1, 0.15) is 18.9 Å². The molecule has 1 aliphatic heterocycles. The second-order valence-electron chi connectivity index (χ2n) is 5.37. The molecule has 1 heterocycles. The Balaban J connectivity index is 2.11. The van der Waals surface area contributed by atoms with Crippen LogP contribution >= 0.6 is 0 Å². The fourth-order valence-electron chi connectivity index (χ4n) is 3.27. The first kappa shape index (κ1) is 9.95. The number of fused-ring (bicyclic) bond motifs is 4. The van der Waals surface area contributed by atoms with Crippen molar-refractivity contribution >= 4 is 17.5 Å². The molecule has 4 rings (SSSR count). The summed E-state index contributed by atoms with van der Waals surface area (Å²) in [6, 6.07) is 17.3. The van der Waals surface area contributed by atoms with E-state index in [1.165, 1.54) is 27.4 Å². The number of benzene rings is 2. The lowest BCUT2D eigenvalue weighted by Crippen LogP contribution is -2.39. The van der Waals surface area contributed by atoms with E-state index in [-0.39, 0.29) is 5.41 Å². The van der Waals surface area contributed by atoms with Gasteiger partial charge in [0.1, 0.15) is 0 Å². The van der Waals surface area contributed by atoms with Gasteiger partial charge in [0.15, 0.2) is 0 Å². The van der Waals surface area contributed by atoms with Crippen molar-refractivity contribution in [1.82, 2.24) is 0 Å². The van der Waals surface area contributed by atoms with Crippen LogP contribution in [-0.4, -0.2) is 0 Å². The Morgan fingerprint density at radius 1 is 1.00 bits per heavy atom. The van der Waals surface area contributed by atoms with Crippen LogP contribution in [0.4, 0.5) is 5.69 Å². The maximum absolute atomic E-state index is 3.63. The van der Waals surface area contributed by atoms with Gasteiger partial charge in [-0.3, -0.25) is 0 Å². The first-order valence-electron chi connectivity index (χ1n) is 6.46. The zero-order valence-electron chi connectivity index (χ0n) is 10.4. The van der Waals surface area contributed by atoms with Gasteiger partial charge in [-0.05, 0) is 30.2 Å². The molecule has 88 valence electrons. The number of hydrogen-bond acceptors (Lipinski definition) is 1. The topological polar surface area (TPSA) is 12.0 Å². The summed E-state index contributed by atoms with van der Waals surface area (Å²) in [5.74, 6) is 0. The van der Waals surface area contributed by atoms with Gasteiger partial charge in [-0.25, -0.2) is 0 Å². The average Bonchev–Trinajstić information content (AvgIpc) is 2.73. The Morgan fingerprint density at radius 2 is 1.78 bits per heavy atom. The van der Waals surface area contributed by atoms with Gasteiger partial charge in [-0.2, -0.15) is 0 Å². The summed E-state index contributed by atoms with van der Waals surface area (Å²) >= 11 is 0. The molecule has 0 fully saturated rings. The van der Waals surface area contributed by atoms with Crippen molar-refractivity contribution in [3.63, 3.8) is 0 Å². The maximum Gasteiger partial charge on any atom is 0.0424 e. The molecule has 0 saturated heterocycles. The van der Waals surface area contributed by atoms with E-state index in [4.69, 9.17) is 0 Å². The molecule has 1 aliphatic carbocycles. The fraction of sp³-hybridized carbons (Fsp3) is 0.176. The largest absolute Gasteiger partial charge is 0.357 e. The standard InChI is InChI=1S/C17H15N/c1-17-11-10-12-6-2-3-7-13(12)16(17)18-15-9-5-4-8-14(15)17/h2-10,18H,11H2,1H3. The van der Waals surface area contributed by atoms with Gasteiger partial charge in [0.25, 0.3) is 0 Å². The van der Waals surface area contributed by atoms with Gasteiger partial charge < -0.3 is 5.32 Å². The normalized spacial score (nSPS) is 23.5. The Kier molecular flexibility index (Phi) is 1.80. The Hall–Kier alpha value is -2.02. The van der Waals surface area contributed by atoms with Crippen LogP contribution in [0, 0.1) is 0 Å². The van der Waals surface area contributed by atoms with Gasteiger partial charge in [-0.1, -0.05) is 48.5 Å². The number of rotatable bonds is 0. The minimum absolute atomic E-state index is 0.116. The minimum atomic E-state index is 0.116. The van der Waals surface area contributed by atoms with Crippen LogP contribution < -0.4 is 15.8 Å². The zero-order chi connectivity index (χ0) is 12.2. The minimum Gasteiger partial charge on any atom is -0.357 e. The van der Waals surface area contributed by atoms with Crippen LogP contribution in [0.25, 0.3) is 11.8 Å². The van der Waals surface area contributed by atoms with E-state index in [1.807, 2.05) is 0 Å². The first-order valence-corrected chi connectivity index (χ1v) is 6.46. The molecule has 0 saturated carbocycles. The molecular formula is C17H15N. The molecule has 1 atom stereocenters. The average molecular weight is 233 g/mol. The zero-order valence-corrected chi connectivity index (χ0v) is 10.4.